The van der Waals surface area contributed by atoms with Gasteiger partial charge in [0.15, 0.2) is 5.78 Å². The average Bonchev–Trinajstić information content (AvgIpc) is 2.87. The number of H-pyrrole nitrogens is 1. The van der Waals surface area contributed by atoms with Gasteiger partial charge in [0, 0.05) is 24.1 Å². The number of esters is 2. The molecule has 1 heterocycles. The van der Waals surface area contributed by atoms with Gasteiger partial charge in [-0.05, 0) is 55.2 Å². The molecular weight excluding hydrogens is 512 g/mol. The highest BCUT2D eigenvalue weighted by Crippen LogP contribution is 2.15. The third kappa shape index (κ3) is 11.1. The lowest BCUT2D eigenvalue weighted by Gasteiger charge is -2.06. The first-order valence-electron chi connectivity index (χ1n) is 12.3. The van der Waals surface area contributed by atoms with Crippen LogP contribution in [-0.4, -0.2) is 41.9 Å². The number of nitrogens with one attached hydrogen (secondary N) is 1. The van der Waals surface area contributed by atoms with Gasteiger partial charge in [0.1, 0.15) is 5.82 Å². The van der Waals surface area contributed by atoms with Gasteiger partial charge in [-0.25, -0.2) is 14.6 Å². The number of fused-ring (bicyclic) bond motifs is 1. The molecule has 0 aliphatic rings. The Labute approximate surface area is 235 Å². The molecule has 0 radical (unpaired) electrons. The number of aromatic nitrogens is 2. The van der Waals surface area contributed by atoms with Crippen molar-refractivity contribution in [3.8, 4) is 6.07 Å². The molecule has 0 bridgehead atoms. The summed E-state index contributed by atoms with van der Waals surface area (Å²) in [6.45, 7) is 9.58. The Balaban J connectivity index is 0.000000639. The Morgan fingerprint density at radius 1 is 0.975 bits per heavy atom. The quantitative estimate of drug-likeness (QED) is 0.232. The number of ketones is 1. The molecule has 0 atom stereocenters. The summed E-state index contributed by atoms with van der Waals surface area (Å²) < 4.78 is 9.17. The van der Waals surface area contributed by atoms with Crippen molar-refractivity contribution in [3.05, 3.63) is 69.3 Å². The molecule has 3 rings (SSSR count). The summed E-state index contributed by atoms with van der Waals surface area (Å²) >= 11 is 0. The fourth-order valence-corrected chi connectivity index (χ4v) is 3.23. The highest BCUT2D eigenvalue weighted by atomic mass is 16.5. The van der Waals surface area contributed by atoms with E-state index in [1.54, 1.807) is 18.2 Å². The fourth-order valence-electron chi connectivity index (χ4n) is 3.23. The molecule has 0 saturated carbocycles. The molecule has 0 amide bonds. The second-order valence-electron chi connectivity index (χ2n) is 9.44. The highest BCUT2D eigenvalue weighted by Gasteiger charge is 2.11. The second kappa shape index (κ2) is 17.1. The van der Waals surface area contributed by atoms with Crippen molar-refractivity contribution >= 4 is 34.3 Å². The van der Waals surface area contributed by atoms with E-state index in [1.165, 1.54) is 39.3 Å². The molecule has 40 heavy (non-hydrogen) atoms. The van der Waals surface area contributed by atoms with E-state index in [-0.39, 0.29) is 18.8 Å². The first-order chi connectivity index (χ1) is 18.3. The summed E-state index contributed by atoms with van der Waals surface area (Å²) in [4.78, 5) is 52.6. The summed E-state index contributed by atoms with van der Waals surface area (Å²) in [7, 11) is 2.61. The lowest BCUT2D eigenvalue weighted by Crippen LogP contribution is -2.14. The average molecular weight is 553 g/mol. The van der Waals surface area contributed by atoms with Crippen LogP contribution in [0.3, 0.4) is 0 Å². The number of anilines is 1. The monoisotopic (exact) mass is 552 g/mol. The number of methoxy groups -OCH3 is 2. The predicted molar refractivity (Wildman–Crippen MR) is 156 cm³/mol. The molecule has 0 aliphatic heterocycles. The molecule has 0 saturated heterocycles. The Hall–Kier alpha value is -4.52. The lowest BCUT2D eigenvalue weighted by atomic mass is 10.1. The predicted octanol–water partition coefficient (Wildman–Crippen LogP) is 5.36. The number of ether oxygens (including phenoxy) is 2. The van der Waals surface area contributed by atoms with E-state index in [0.717, 1.165) is 0 Å². The molecule has 216 valence electrons. The van der Waals surface area contributed by atoms with Gasteiger partial charge in [0.2, 0.25) is 0 Å². The van der Waals surface area contributed by atoms with E-state index >= 15 is 0 Å². The van der Waals surface area contributed by atoms with E-state index in [9.17, 15) is 19.2 Å². The number of hydrogen-bond acceptors (Lipinski definition) is 9. The minimum absolute atomic E-state index is 0. The molecule has 0 unspecified atom stereocenters. The number of carbonyl (C=O) groups excluding carboxylic acids is 3. The number of nitriles is 1. The van der Waals surface area contributed by atoms with E-state index in [2.05, 4.69) is 39.4 Å². The Morgan fingerprint density at radius 3 is 1.95 bits per heavy atom. The first kappa shape index (κ1) is 35.5. The molecule has 0 aliphatic carbocycles. The number of nitrogen functional groups attached to an aromatic ring is 1. The summed E-state index contributed by atoms with van der Waals surface area (Å²) in [5, 5.41) is 8.46. The minimum Gasteiger partial charge on any atom is -0.465 e. The Morgan fingerprint density at radius 2 is 1.52 bits per heavy atom. The number of aromatic amines is 1. The van der Waals surface area contributed by atoms with Crippen LogP contribution in [0.5, 0.6) is 0 Å². The standard InChI is InChI=1S/C14H16N2O3.C10H11NO3.C5H9N.CH4/c1-8(2)6-12-15-11-7-9(14(18)19-3)4-5-10(11)13(17)16-12;1-6(12)8-4-3-7(5-9(8)11)10(13)14-2;1-5(2)3-4-6;/h4-5,7-8H,6H2,1-3H3,(H,15,16,17);3-5H,11H2,1-2H3;5H,3H2,1-2H3;1H4. The number of carbonyl (C=O) groups is 3. The maximum atomic E-state index is 11.9. The molecule has 1 aromatic heterocycles. The van der Waals surface area contributed by atoms with Gasteiger partial charge in [-0.2, -0.15) is 5.26 Å². The molecule has 0 spiro atoms. The minimum atomic E-state index is -0.466. The Kier molecular flexibility index (Phi) is 15.2. The van der Waals surface area contributed by atoms with Gasteiger partial charge >= 0.3 is 11.9 Å². The summed E-state index contributed by atoms with van der Waals surface area (Å²) in [6, 6.07) is 11.3. The van der Waals surface area contributed by atoms with Gasteiger partial charge in [0.25, 0.3) is 5.56 Å². The molecule has 3 aromatic rings. The van der Waals surface area contributed by atoms with E-state index in [0.29, 0.717) is 63.8 Å². The number of nitrogens with zero attached hydrogens (tertiary/aromatic N) is 2. The SMILES string of the molecule is C.CC(C)CC#N.COC(=O)c1ccc(C(C)=O)c(N)c1.COC(=O)c1ccc2c(=O)[nH]c(CC(C)C)nc2c1. The molecule has 10 nitrogen and oxygen atoms in total. The zero-order valence-corrected chi connectivity index (χ0v) is 23.5. The summed E-state index contributed by atoms with van der Waals surface area (Å²) in [5.74, 6) is 0.536. The van der Waals surface area contributed by atoms with E-state index in [4.69, 9.17) is 11.0 Å². The fraction of sp³-hybridized carbons (Fsp3) is 0.400. The van der Waals surface area contributed by atoms with Crippen LogP contribution in [-0.2, 0) is 15.9 Å². The van der Waals surface area contributed by atoms with Crippen LogP contribution in [0.1, 0.15) is 85.4 Å². The smallest absolute Gasteiger partial charge is 0.337 e. The van der Waals surface area contributed by atoms with Crippen LogP contribution in [0.15, 0.2) is 41.2 Å². The van der Waals surface area contributed by atoms with E-state index in [1.807, 2.05) is 13.8 Å². The first-order valence-corrected chi connectivity index (χ1v) is 12.3. The van der Waals surface area contributed by atoms with Crippen LogP contribution in [0.4, 0.5) is 5.69 Å². The zero-order valence-electron chi connectivity index (χ0n) is 23.5. The number of hydrogen-bond donors (Lipinski definition) is 2. The Bertz CT molecular complexity index is 1400. The number of nitrogens with two attached hydrogens (primary N) is 1. The lowest BCUT2D eigenvalue weighted by molar-refractivity contribution is 0.0592. The van der Waals surface area contributed by atoms with Gasteiger partial charge < -0.3 is 20.2 Å². The molecule has 2 aromatic carbocycles. The van der Waals surface area contributed by atoms with Gasteiger partial charge in [-0.1, -0.05) is 35.1 Å². The van der Waals surface area contributed by atoms with Gasteiger partial charge in [-0.15, -0.1) is 0 Å². The van der Waals surface area contributed by atoms with Crippen molar-refractivity contribution in [3.63, 3.8) is 0 Å². The normalized spacial score (nSPS) is 9.80. The maximum Gasteiger partial charge on any atom is 0.337 e. The largest absolute Gasteiger partial charge is 0.465 e. The highest BCUT2D eigenvalue weighted by molar-refractivity contribution is 6.01. The maximum absolute atomic E-state index is 11.9. The molecule has 0 fully saturated rings. The summed E-state index contributed by atoms with van der Waals surface area (Å²) in [5.41, 5.74) is 7.36. The second-order valence-corrected chi connectivity index (χ2v) is 9.44. The van der Waals surface area contributed by atoms with Crippen LogP contribution in [0.2, 0.25) is 0 Å². The number of rotatable bonds is 6. The van der Waals surface area contributed by atoms with Crippen molar-refractivity contribution in [1.29, 1.82) is 5.26 Å². The van der Waals surface area contributed by atoms with E-state index < -0.39 is 11.9 Å². The zero-order chi connectivity index (χ0) is 29.7. The van der Waals surface area contributed by atoms with Crippen molar-refractivity contribution in [2.45, 2.75) is 54.9 Å². The van der Waals surface area contributed by atoms with Crippen LogP contribution < -0.4 is 11.3 Å². The third-order valence-corrected chi connectivity index (χ3v) is 5.13. The van der Waals surface area contributed by atoms with Crippen LogP contribution in [0, 0.1) is 23.2 Å². The molecule has 3 N–H and O–H groups in total. The summed E-state index contributed by atoms with van der Waals surface area (Å²) in [6.07, 6.45) is 1.37. The number of benzene rings is 2. The molecule has 10 heteroatoms. The van der Waals surface area contributed by atoms with Crippen molar-refractivity contribution in [2.24, 2.45) is 11.8 Å². The third-order valence-electron chi connectivity index (χ3n) is 5.13. The van der Waals surface area contributed by atoms with Gasteiger partial charge in [0.05, 0.1) is 42.3 Å². The van der Waals surface area contributed by atoms with Gasteiger partial charge in [-0.3, -0.25) is 9.59 Å². The molecular formula is C30H40N4O6. The van der Waals surface area contributed by atoms with Crippen molar-refractivity contribution in [1.82, 2.24) is 9.97 Å². The van der Waals surface area contributed by atoms with Crippen molar-refractivity contribution < 1.29 is 23.9 Å². The topological polar surface area (TPSA) is 165 Å². The number of Topliss-reactive ketones (excluding diaryl/α,β-unsaturated/α-hetero) is 1. The van der Waals surface area contributed by atoms with Crippen LogP contribution in [0.25, 0.3) is 10.9 Å². The van der Waals surface area contributed by atoms with Crippen LogP contribution >= 0.6 is 0 Å². The van der Waals surface area contributed by atoms with Crippen molar-refractivity contribution in [2.75, 3.05) is 20.0 Å².